The lowest BCUT2D eigenvalue weighted by Gasteiger charge is -2.27. The summed E-state index contributed by atoms with van der Waals surface area (Å²) in [5.74, 6) is 1.65. The summed E-state index contributed by atoms with van der Waals surface area (Å²) in [5.41, 5.74) is 0. The van der Waals surface area contributed by atoms with Crippen LogP contribution in [0.3, 0.4) is 0 Å². The van der Waals surface area contributed by atoms with Gasteiger partial charge in [-0.3, -0.25) is 9.89 Å². The molecule has 2 unspecified atom stereocenters. The summed E-state index contributed by atoms with van der Waals surface area (Å²) >= 11 is 0. The molecule has 23 heavy (non-hydrogen) atoms. The van der Waals surface area contributed by atoms with Crippen molar-refractivity contribution in [1.82, 2.24) is 15.1 Å². The first kappa shape index (κ1) is 18.5. The first-order chi connectivity index (χ1) is 11.3. The van der Waals surface area contributed by atoms with E-state index < -0.39 is 0 Å². The minimum absolute atomic E-state index is 0.601. The number of likely N-dealkylation sites (N-methyl/N-ethyl adjacent to an activating group) is 1. The number of aliphatic imine (C=N–C) groups is 1. The van der Waals surface area contributed by atoms with Crippen molar-refractivity contribution < 1.29 is 9.47 Å². The molecule has 134 valence electrons. The molecule has 0 amide bonds. The molecule has 6 nitrogen and oxygen atoms in total. The van der Waals surface area contributed by atoms with Crippen molar-refractivity contribution in [3.8, 4) is 0 Å². The summed E-state index contributed by atoms with van der Waals surface area (Å²) < 4.78 is 10.7. The summed E-state index contributed by atoms with van der Waals surface area (Å²) in [5, 5.41) is 3.59. The number of nitrogens with one attached hydrogen (secondary N) is 1. The van der Waals surface area contributed by atoms with Gasteiger partial charge in [-0.2, -0.15) is 0 Å². The zero-order valence-corrected chi connectivity index (χ0v) is 15.1. The first-order valence-electron chi connectivity index (χ1n) is 9.04. The molecule has 2 atom stereocenters. The van der Waals surface area contributed by atoms with Crippen molar-refractivity contribution in [2.75, 3.05) is 66.7 Å². The summed E-state index contributed by atoms with van der Waals surface area (Å²) in [4.78, 5) is 9.41. The van der Waals surface area contributed by atoms with E-state index in [1.807, 2.05) is 7.05 Å². The number of rotatable bonds is 8. The molecule has 0 radical (unpaired) electrons. The third-order valence-electron chi connectivity index (χ3n) is 4.98. The zero-order valence-electron chi connectivity index (χ0n) is 15.1. The Kier molecular flexibility index (Phi) is 8.12. The van der Waals surface area contributed by atoms with Gasteiger partial charge in [0.25, 0.3) is 0 Å². The molecule has 0 aromatic carbocycles. The molecule has 0 aromatic heterocycles. The Morgan fingerprint density at radius 2 is 2.13 bits per heavy atom. The second-order valence-corrected chi connectivity index (χ2v) is 6.52. The highest BCUT2D eigenvalue weighted by molar-refractivity contribution is 5.80. The number of hydrogen-bond acceptors (Lipinski definition) is 4. The first-order valence-corrected chi connectivity index (χ1v) is 9.04. The van der Waals surface area contributed by atoms with Gasteiger partial charge in [0.15, 0.2) is 5.96 Å². The fraction of sp³-hybridized carbons (Fsp3) is 0.941. The molecule has 1 N–H and O–H groups in total. The molecule has 2 aliphatic heterocycles. The van der Waals surface area contributed by atoms with Crippen molar-refractivity contribution in [1.29, 1.82) is 0 Å². The Morgan fingerprint density at radius 1 is 1.26 bits per heavy atom. The molecule has 0 aromatic rings. The number of likely N-dealkylation sites (tertiary alicyclic amines) is 2. The molecule has 0 bridgehead atoms. The Morgan fingerprint density at radius 3 is 2.87 bits per heavy atom. The van der Waals surface area contributed by atoms with Crippen LogP contribution < -0.4 is 5.32 Å². The van der Waals surface area contributed by atoms with Gasteiger partial charge in [-0.25, -0.2) is 0 Å². The lowest BCUT2D eigenvalue weighted by atomic mass is 10.1. The quantitative estimate of drug-likeness (QED) is 0.410. The Labute approximate surface area is 141 Å². The minimum Gasteiger partial charge on any atom is -0.382 e. The molecular formula is C17H34N4O2. The molecule has 0 spiro atoms. The molecule has 2 aliphatic rings. The smallest absolute Gasteiger partial charge is 0.193 e. The summed E-state index contributed by atoms with van der Waals surface area (Å²) in [6.07, 6.45) is 3.80. The second kappa shape index (κ2) is 10.1. The largest absolute Gasteiger partial charge is 0.382 e. The van der Waals surface area contributed by atoms with Crippen LogP contribution in [0.25, 0.3) is 0 Å². The van der Waals surface area contributed by atoms with E-state index in [-0.39, 0.29) is 0 Å². The number of hydrogen-bond donors (Lipinski definition) is 1. The summed E-state index contributed by atoms with van der Waals surface area (Å²) in [6, 6.07) is 0.660. The van der Waals surface area contributed by atoms with Crippen molar-refractivity contribution in [2.45, 2.75) is 32.2 Å². The van der Waals surface area contributed by atoms with Gasteiger partial charge < -0.3 is 19.7 Å². The van der Waals surface area contributed by atoms with Crippen LogP contribution in [0.4, 0.5) is 0 Å². The van der Waals surface area contributed by atoms with Crippen LogP contribution in [-0.2, 0) is 9.47 Å². The molecule has 0 saturated carbocycles. The van der Waals surface area contributed by atoms with Gasteiger partial charge in [0.05, 0.1) is 19.8 Å². The Bertz CT molecular complexity index is 365. The van der Waals surface area contributed by atoms with E-state index in [0.717, 1.165) is 38.7 Å². The van der Waals surface area contributed by atoms with Gasteiger partial charge >= 0.3 is 0 Å². The van der Waals surface area contributed by atoms with Crippen LogP contribution >= 0.6 is 0 Å². The SMILES string of the molecule is CCN1CCCC1CNC(=NC)N1CCC(COCCOC)C1. The van der Waals surface area contributed by atoms with Crippen molar-refractivity contribution in [2.24, 2.45) is 10.9 Å². The van der Waals surface area contributed by atoms with E-state index in [1.165, 1.54) is 25.8 Å². The Hall–Kier alpha value is -0.850. The fourth-order valence-electron chi connectivity index (χ4n) is 3.64. The molecule has 2 saturated heterocycles. The van der Waals surface area contributed by atoms with Gasteiger partial charge in [0.2, 0.25) is 0 Å². The molecule has 2 heterocycles. The van der Waals surface area contributed by atoms with E-state index in [9.17, 15) is 0 Å². The maximum atomic E-state index is 5.67. The van der Waals surface area contributed by atoms with Crippen LogP contribution in [0.15, 0.2) is 4.99 Å². The van der Waals surface area contributed by atoms with E-state index in [1.54, 1.807) is 7.11 Å². The fourth-order valence-corrected chi connectivity index (χ4v) is 3.64. The van der Waals surface area contributed by atoms with E-state index >= 15 is 0 Å². The molecular weight excluding hydrogens is 292 g/mol. The average molecular weight is 326 g/mol. The van der Waals surface area contributed by atoms with Crippen molar-refractivity contribution in [3.05, 3.63) is 0 Å². The molecule has 0 aliphatic carbocycles. The topological polar surface area (TPSA) is 49.3 Å². The highest BCUT2D eigenvalue weighted by Crippen LogP contribution is 2.18. The Balaban J connectivity index is 1.70. The van der Waals surface area contributed by atoms with Crippen LogP contribution in [0.1, 0.15) is 26.2 Å². The minimum atomic E-state index is 0.601. The number of guanidine groups is 1. The molecule has 6 heteroatoms. The summed E-state index contributed by atoms with van der Waals surface area (Å²) in [7, 11) is 3.59. The standard InChI is InChI=1S/C17H34N4O2/c1-4-20-8-5-6-16(20)12-19-17(18-2)21-9-7-15(13-21)14-23-11-10-22-3/h15-16H,4-14H2,1-3H3,(H,18,19). The lowest BCUT2D eigenvalue weighted by molar-refractivity contribution is 0.0536. The highest BCUT2D eigenvalue weighted by Gasteiger charge is 2.27. The summed E-state index contributed by atoms with van der Waals surface area (Å²) in [6.45, 7) is 9.94. The van der Waals surface area contributed by atoms with Crippen molar-refractivity contribution in [3.63, 3.8) is 0 Å². The number of ether oxygens (including phenoxy) is 2. The molecule has 2 rings (SSSR count). The molecule has 2 fully saturated rings. The highest BCUT2D eigenvalue weighted by atomic mass is 16.5. The van der Waals surface area contributed by atoms with Gasteiger partial charge in [-0.1, -0.05) is 6.92 Å². The van der Waals surface area contributed by atoms with Crippen LogP contribution in [-0.4, -0.2) is 88.5 Å². The van der Waals surface area contributed by atoms with Crippen LogP contribution in [0.5, 0.6) is 0 Å². The maximum absolute atomic E-state index is 5.67. The zero-order chi connectivity index (χ0) is 16.5. The monoisotopic (exact) mass is 326 g/mol. The van der Waals surface area contributed by atoms with Crippen molar-refractivity contribution >= 4 is 5.96 Å². The predicted octanol–water partition coefficient (Wildman–Crippen LogP) is 1.03. The number of nitrogens with zero attached hydrogens (tertiary/aromatic N) is 3. The predicted molar refractivity (Wildman–Crippen MR) is 94.0 cm³/mol. The van der Waals surface area contributed by atoms with Gasteiger partial charge in [-0.15, -0.1) is 0 Å². The third kappa shape index (κ3) is 5.62. The van der Waals surface area contributed by atoms with Gasteiger partial charge in [-0.05, 0) is 32.4 Å². The van der Waals surface area contributed by atoms with Crippen LogP contribution in [0, 0.1) is 5.92 Å². The van der Waals surface area contributed by atoms with Gasteiger partial charge in [0.1, 0.15) is 0 Å². The maximum Gasteiger partial charge on any atom is 0.193 e. The average Bonchev–Trinajstić information content (AvgIpc) is 3.21. The number of methoxy groups -OCH3 is 1. The normalized spacial score (nSPS) is 26.2. The second-order valence-electron chi connectivity index (χ2n) is 6.52. The van der Waals surface area contributed by atoms with E-state index in [0.29, 0.717) is 25.2 Å². The van der Waals surface area contributed by atoms with Gasteiger partial charge in [0, 0.05) is 45.8 Å². The third-order valence-corrected chi connectivity index (χ3v) is 4.98. The van der Waals surface area contributed by atoms with Crippen LogP contribution in [0.2, 0.25) is 0 Å². The lowest BCUT2D eigenvalue weighted by Crippen LogP contribution is -2.46. The van der Waals surface area contributed by atoms with E-state index in [2.05, 4.69) is 27.0 Å². The van der Waals surface area contributed by atoms with E-state index in [4.69, 9.17) is 9.47 Å².